The average molecular weight is 201 g/mol. The maximum Gasteiger partial charge on any atom is 0.0662 e. The number of nitrogens with one attached hydrogen (secondary N) is 1. The van der Waals surface area contributed by atoms with E-state index in [2.05, 4.69) is 5.32 Å². The molecule has 84 valence electrons. The van der Waals surface area contributed by atoms with Crippen molar-refractivity contribution in [2.75, 3.05) is 20.3 Å². The van der Waals surface area contributed by atoms with E-state index in [1.807, 2.05) is 13.8 Å². The summed E-state index contributed by atoms with van der Waals surface area (Å²) in [5.74, 6) is 0. The van der Waals surface area contributed by atoms with Gasteiger partial charge >= 0.3 is 0 Å². The maximum atomic E-state index is 9.33. The first kappa shape index (κ1) is 12.0. The minimum atomic E-state index is -0.270. The summed E-state index contributed by atoms with van der Waals surface area (Å²) >= 11 is 0. The number of aliphatic hydroxyl groups excluding tert-OH is 1. The molecule has 0 amide bonds. The van der Waals surface area contributed by atoms with E-state index >= 15 is 0 Å². The monoisotopic (exact) mass is 201 g/mol. The molecule has 0 radical (unpaired) electrons. The zero-order valence-corrected chi connectivity index (χ0v) is 9.55. The fourth-order valence-electron chi connectivity index (χ4n) is 1.56. The predicted octanol–water partition coefficient (Wildman–Crippen LogP) is 1.16. The second kappa shape index (κ2) is 5.10. The summed E-state index contributed by atoms with van der Waals surface area (Å²) in [6.45, 7) is 5.72. The molecule has 2 unspecified atom stereocenters. The molecule has 2 atom stereocenters. The third kappa shape index (κ3) is 3.56. The smallest absolute Gasteiger partial charge is 0.0662 e. The number of methoxy groups -OCH3 is 1. The van der Waals surface area contributed by atoms with E-state index in [1.54, 1.807) is 7.11 Å². The van der Waals surface area contributed by atoms with E-state index < -0.39 is 0 Å². The Bertz CT molecular complexity index is 167. The highest BCUT2D eigenvalue weighted by atomic mass is 16.5. The van der Waals surface area contributed by atoms with Crippen LogP contribution in [-0.2, 0) is 4.74 Å². The largest absolute Gasteiger partial charge is 0.392 e. The van der Waals surface area contributed by atoms with Gasteiger partial charge in [-0.05, 0) is 38.5 Å². The molecule has 2 N–H and O–H groups in total. The van der Waals surface area contributed by atoms with Crippen LogP contribution < -0.4 is 5.32 Å². The Kier molecular flexibility index (Phi) is 4.35. The van der Waals surface area contributed by atoms with Crippen molar-refractivity contribution < 1.29 is 9.84 Å². The third-order valence-electron chi connectivity index (χ3n) is 3.32. The minimum absolute atomic E-state index is 0.190. The standard InChI is InChI=1S/C11H23NO2/c1-9(10(2)13)12-8-11(4-5-11)6-7-14-3/h9-10,12-13H,4-8H2,1-3H3. The molecule has 14 heavy (non-hydrogen) atoms. The van der Waals surface area contributed by atoms with Crippen LogP contribution in [0.25, 0.3) is 0 Å². The molecule has 0 spiro atoms. The molecule has 3 heteroatoms. The number of hydrogen-bond donors (Lipinski definition) is 2. The van der Waals surface area contributed by atoms with Crippen molar-refractivity contribution in [3.05, 3.63) is 0 Å². The van der Waals surface area contributed by atoms with Gasteiger partial charge in [0.2, 0.25) is 0 Å². The zero-order chi connectivity index (χ0) is 10.6. The van der Waals surface area contributed by atoms with Gasteiger partial charge in [-0.2, -0.15) is 0 Å². The molecule has 1 aliphatic rings. The van der Waals surface area contributed by atoms with Crippen LogP contribution in [0.1, 0.15) is 33.1 Å². The SMILES string of the molecule is COCCC1(CNC(C)C(C)O)CC1. The van der Waals surface area contributed by atoms with Gasteiger partial charge in [-0.25, -0.2) is 0 Å². The van der Waals surface area contributed by atoms with Gasteiger partial charge in [0.15, 0.2) is 0 Å². The number of ether oxygens (including phenoxy) is 1. The highest BCUT2D eigenvalue weighted by Crippen LogP contribution is 2.48. The Labute approximate surface area is 86.8 Å². The molecule has 0 bridgehead atoms. The Morgan fingerprint density at radius 3 is 2.50 bits per heavy atom. The van der Waals surface area contributed by atoms with E-state index in [0.29, 0.717) is 5.41 Å². The molecule has 3 nitrogen and oxygen atoms in total. The third-order valence-corrected chi connectivity index (χ3v) is 3.32. The van der Waals surface area contributed by atoms with Crippen molar-refractivity contribution >= 4 is 0 Å². The van der Waals surface area contributed by atoms with Crippen LogP contribution in [0.4, 0.5) is 0 Å². The summed E-state index contributed by atoms with van der Waals surface area (Å²) in [4.78, 5) is 0. The lowest BCUT2D eigenvalue weighted by atomic mass is 10.0. The van der Waals surface area contributed by atoms with E-state index in [4.69, 9.17) is 4.74 Å². The molecule has 0 aromatic heterocycles. The second-order valence-corrected chi connectivity index (χ2v) is 4.65. The number of aliphatic hydroxyl groups is 1. The molecule has 0 aromatic rings. The summed E-state index contributed by atoms with van der Waals surface area (Å²) in [7, 11) is 1.75. The van der Waals surface area contributed by atoms with Crippen LogP contribution in [0.2, 0.25) is 0 Å². The van der Waals surface area contributed by atoms with Crippen LogP contribution in [0, 0.1) is 5.41 Å². The summed E-state index contributed by atoms with van der Waals surface area (Å²) < 4.78 is 5.09. The van der Waals surface area contributed by atoms with Gasteiger partial charge in [-0.15, -0.1) is 0 Å². The predicted molar refractivity (Wildman–Crippen MR) is 57.3 cm³/mol. The highest BCUT2D eigenvalue weighted by molar-refractivity contribution is 4.95. The lowest BCUT2D eigenvalue weighted by Gasteiger charge is -2.21. The highest BCUT2D eigenvalue weighted by Gasteiger charge is 2.41. The number of hydrogen-bond acceptors (Lipinski definition) is 3. The van der Waals surface area contributed by atoms with Gasteiger partial charge in [0.25, 0.3) is 0 Å². The van der Waals surface area contributed by atoms with E-state index in [1.165, 1.54) is 12.8 Å². The molecular formula is C11H23NO2. The van der Waals surface area contributed by atoms with Crippen LogP contribution in [0.15, 0.2) is 0 Å². The van der Waals surface area contributed by atoms with Gasteiger partial charge in [-0.3, -0.25) is 0 Å². The zero-order valence-electron chi connectivity index (χ0n) is 9.55. The molecule has 1 rings (SSSR count). The van der Waals surface area contributed by atoms with Crippen molar-refractivity contribution in [2.24, 2.45) is 5.41 Å². The summed E-state index contributed by atoms with van der Waals surface area (Å²) in [6, 6.07) is 0.190. The van der Waals surface area contributed by atoms with E-state index in [9.17, 15) is 5.11 Å². The summed E-state index contributed by atoms with van der Waals surface area (Å²) in [5, 5.41) is 12.7. The Hall–Kier alpha value is -0.120. The van der Waals surface area contributed by atoms with Crippen molar-refractivity contribution in [2.45, 2.75) is 45.3 Å². The molecular weight excluding hydrogens is 178 g/mol. The molecule has 1 aliphatic carbocycles. The van der Waals surface area contributed by atoms with Crippen molar-refractivity contribution in [3.63, 3.8) is 0 Å². The summed E-state index contributed by atoms with van der Waals surface area (Å²) in [5.41, 5.74) is 0.471. The van der Waals surface area contributed by atoms with Gasteiger partial charge in [0.05, 0.1) is 6.10 Å². The normalized spacial score (nSPS) is 23.1. The van der Waals surface area contributed by atoms with Crippen LogP contribution in [0.5, 0.6) is 0 Å². The molecule has 1 fully saturated rings. The van der Waals surface area contributed by atoms with Gasteiger partial charge in [0.1, 0.15) is 0 Å². The van der Waals surface area contributed by atoms with E-state index in [-0.39, 0.29) is 12.1 Å². The average Bonchev–Trinajstić information content (AvgIpc) is 2.92. The first-order valence-electron chi connectivity index (χ1n) is 5.50. The molecule has 0 aromatic carbocycles. The number of rotatable bonds is 7. The lowest BCUT2D eigenvalue weighted by Crippen LogP contribution is -2.39. The second-order valence-electron chi connectivity index (χ2n) is 4.65. The Morgan fingerprint density at radius 1 is 1.43 bits per heavy atom. The maximum absolute atomic E-state index is 9.33. The van der Waals surface area contributed by atoms with Gasteiger partial charge in [-0.1, -0.05) is 0 Å². The van der Waals surface area contributed by atoms with Crippen molar-refractivity contribution in [3.8, 4) is 0 Å². The molecule has 0 saturated heterocycles. The molecule has 1 saturated carbocycles. The quantitative estimate of drug-likeness (QED) is 0.649. The van der Waals surface area contributed by atoms with Gasteiger partial charge in [0, 0.05) is 26.3 Å². The summed E-state index contributed by atoms with van der Waals surface area (Å²) in [6.07, 6.45) is 3.47. The molecule has 0 aliphatic heterocycles. The first-order valence-corrected chi connectivity index (χ1v) is 5.50. The molecule has 0 heterocycles. The van der Waals surface area contributed by atoms with E-state index in [0.717, 1.165) is 19.6 Å². The fourth-order valence-corrected chi connectivity index (χ4v) is 1.56. The van der Waals surface area contributed by atoms with Crippen LogP contribution in [-0.4, -0.2) is 37.5 Å². The fraction of sp³-hybridized carbons (Fsp3) is 1.00. The van der Waals surface area contributed by atoms with Crippen LogP contribution >= 0.6 is 0 Å². The van der Waals surface area contributed by atoms with Crippen molar-refractivity contribution in [1.29, 1.82) is 0 Å². The topological polar surface area (TPSA) is 41.5 Å². The Morgan fingerprint density at radius 2 is 2.07 bits per heavy atom. The lowest BCUT2D eigenvalue weighted by molar-refractivity contribution is 0.141. The minimum Gasteiger partial charge on any atom is -0.392 e. The first-order chi connectivity index (χ1) is 6.59. The Balaban J connectivity index is 2.17. The van der Waals surface area contributed by atoms with Crippen molar-refractivity contribution in [1.82, 2.24) is 5.32 Å². The van der Waals surface area contributed by atoms with Crippen LogP contribution in [0.3, 0.4) is 0 Å². The van der Waals surface area contributed by atoms with Gasteiger partial charge < -0.3 is 15.2 Å².